The van der Waals surface area contributed by atoms with Gasteiger partial charge in [-0.25, -0.2) is 4.79 Å². The molecule has 7 aliphatic rings. The minimum atomic E-state index is -1.59. The average molecular weight is 1070 g/mol. The van der Waals surface area contributed by atoms with Crippen LogP contribution in [0.5, 0.6) is 17.2 Å². The van der Waals surface area contributed by atoms with E-state index < -0.39 is 71.5 Å². The highest BCUT2D eigenvalue weighted by Gasteiger charge is 2.58. The third kappa shape index (κ3) is 9.21. The highest BCUT2D eigenvalue weighted by Crippen LogP contribution is 2.61. The Morgan fingerprint density at radius 1 is 1.05 bits per heavy atom. The third-order valence-corrected chi connectivity index (χ3v) is 18.6. The van der Waals surface area contributed by atoms with Gasteiger partial charge in [0.1, 0.15) is 58.1 Å². The maximum atomic E-state index is 15.4. The lowest BCUT2D eigenvalue weighted by Crippen LogP contribution is -2.59. The average Bonchev–Trinajstić information content (AvgIpc) is 3.89. The second kappa shape index (κ2) is 21.3. The van der Waals surface area contributed by atoms with Crippen molar-refractivity contribution in [3.63, 3.8) is 0 Å². The second-order valence-electron chi connectivity index (χ2n) is 22.9. The number of carbonyl (C=O) groups excluding carboxylic acids is 1. The van der Waals surface area contributed by atoms with Crippen LogP contribution >= 0.6 is 0 Å². The molecule has 1 aromatic heterocycles. The van der Waals surface area contributed by atoms with Gasteiger partial charge in [0.05, 0.1) is 30.1 Å². The molecule has 414 valence electrons. The van der Waals surface area contributed by atoms with Crippen molar-refractivity contribution < 1.29 is 54.4 Å². The number of phenols is 2. The molecule has 0 radical (unpaired) electrons. The molecule has 2 fully saturated rings. The number of aromatic hydroxyl groups is 2. The van der Waals surface area contributed by atoms with E-state index in [1.807, 2.05) is 37.3 Å². The van der Waals surface area contributed by atoms with Crippen molar-refractivity contribution in [3.8, 4) is 17.2 Å². The Bertz CT molecular complexity index is 3250. The molecule has 12 N–H and O–H groups in total. The molecule has 4 aromatic rings. The van der Waals surface area contributed by atoms with Crippen molar-refractivity contribution in [1.29, 1.82) is 0 Å². The lowest BCUT2D eigenvalue weighted by Gasteiger charge is -2.52. The molecule has 16 heteroatoms. The summed E-state index contributed by atoms with van der Waals surface area (Å²) in [5, 5.41) is 89.9. The van der Waals surface area contributed by atoms with E-state index in [1.54, 1.807) is 25.1 Å². The van der Waals surface area contributed by atoms with Gasteiger partial charge in [-0.2, -0.15) is 0 Å². The molecule has 0 saturated heterocycles. The number of phenolic OH excluding ortho intramolecular Hbond substituents is 2. The fraction of sp³-hybridized carbons (Fsp3) is 0.484. The van der Waals surface area contributed by atoms with E-state index in [0.29, 0.717) is 74.9 Å². The lowest BCUT2D eigenvalue weighted by molar-refractivity contribution is -0.171. The number of fused-ring (bicyclic) bond motifs is 9. The monoisotopic (exact) mass is 1070 g/mol. The molecule has 2 saturated carbocycles. The summed E-state index contributed by atoms with van der Waals surface area (Å²) in [6, 6.07) is 14.0. The number of dihydropyridines is 2. The number of hydrogen-bond donors (Lipinski definition) is 11. The maximum absolute atomic E-state index is 15.4. The maximum Gasteiger partial charge on any atom is 0.337 e. The van der Waals surface area contributed by atoms with Gasteiger partial charge in [-0.1, -0.05) is 49.4 Å². The molecular formula is C62H74N4O12. The standard InChI is InChI=1S/C62H74N4O12/c1-4-46(62(75)19-17-36(28-62)33-8-6-9-35(22-33)48(71)10-7-21-67)60(74)77-50-27-44-56(73)54-49(72)26-39(30-68)76-58(54)55-52-42-18-20-65-59(63)53(42)41(16-12-32-11-14-38(70)25-43(32)45(52)31-69)40-15-13-34-24-51(64-5-2)66-29-37(34)23-47(40)61(50,3)78-57(44)55/h4,6,8-9,11,14,18,22,24-26,29,36,40-41,45,47-48,50-52,64-71,73,75H,5,7,10,12-13,15-17,19-21,23,27-28,30-31,63H2,1-3H3/b46-4+/t36-,40+,41-,45+,47-,48-,50+,51?,52-,61-,62-/m0/s1. The van der Waals surface area contributed by atoms with Gasteiger partial charge in [0.2, 0.25) is 0 Å². The van der Waals surface area contributed by atoms with Crippen LogP contribution in [-0.2, 0) is 29.0 Å². The second-order valence-corrected chi connectivity index (χ2v) is 22.9. The van der Waals surface area contributed by atoms with E-state index in [2.05, 4.69) is 41.2 Å². The summed E-state index contributed by atoms with van der Waals surface area (Å²) in [7, 11) is 0. The first-order valence-electron chi connectivity index (χ1n) is 28.0. The molecule has 4 bridgehead atoms. The summed E-state index contributed by atoms with van der Waals surface area (Å²) in [5.41, 5.74) is 11.4. The van der Waals surface area contributed by atoms with E-state index in [1.165, 1.54) is 5.57 Å². The first-order valence-corrected chi connectivity index (χ1v) is 28.0. The normalized spacial score (nSPS) is 29.7. The zero-order valence-corrected chi connectivity index (χ0v) is 44.7. The summed E-state index contributed by atoms with van der Waals surface area (Å²) in [6.45, 7) is 5.75. The first kappa shape index (κ1) is 53.6. The van der Waals surface area contributed by atoms with Crippen molar-refractivity contribution in [3.05, 3.63) is 156 Å². The van der Waals surface area contributed by atoms with E-state index in [0.717, 1.165) is 46.0 Å². The van der Waals surface area contributed by atoms with Crippen LogP contribution in [0.15, 0.2) is 116 Å². The highest BCUT2D eigenvalue weighted by molar-refractivity contribution is 5.93. The largest absolute Gasteiger partial charge is 0.508 e. The molecule has 0 amide bonds. The molecule has 0 spiro atoms. The predicted octanol–water partition coefficient (Wildman–Crippen LogP) is 6.65. The Labute approximate surface area is 454 Å². The zero-order valence-electron chi connectivity index (χ0n) is 44.7. The Kier molecular flexibility index (Phi) is 14.7. The van der Waals surface area contributed by atoms with E-state index in [4.69, 9.17) is 19.6 Å². The van der Waals surface area contributed by atoms with Gasteiger partial charge in [0.15, 0.2) is 5.43 Å². The van der Waals surface area contributed by atoms with E-state index in [-0.39, 0.29) is 89.2 Å². The van der Waals surface area contributed by atoms with Crippen LogP contribution < -0.4 is 31.8 Å². The number of aryl methyl sites for hydroxylation is 1. The van der Waals surface area contributed by atoms with Gasteiger partial charge in [-0.15, -0.1) is 0 Å². The molecule has 3 aliphatic carbocycles. The summed E-state index contributed by atoms with van der Waals surface area (Å²) in [6.07, 6.45) is 10.8. The number of esters is 1. The number of nitrogens with one attached hydrogen (secondary N) is 3. The predicted molar refractivity (Wildman–Crippen MR) is 293 cm³/mol. The molecule has 11 atom stereocenters. The van der Waals surface area contributed by atoms with Gasteiger partial charge < -0.3 is 66.0 Å². The minimum absolute atomic E-state index is 0.0101. The van der Waals surface area contributed by atoms with Crippen LogP contribution in [0.2, 0.25) is 0 Å². The number of hydrogen-bond acceptors (Lipinski definition) is 16. The van der Waals surface area contributed by atoms with Crippen molar-refractivity contribution in [2.24, 2.45) is 23.5 Å². The van der Waals surface area contributed by atoms with Gasteiger partial charge >= 0.3 is 5.97 Å². The van der Waals surface area contributed by atoms with Crippen LogP contribution in [0.25, 0.3) is 11.0 Å². The smallest absolute Gasteiger partial charge is 0.337 e. The van der Waals surface area contributed by atoms with Crippen LogP contribution in [0.4, 0.5) is 0 Å². The SMILES string of the molecule is C/C=C(\C(=O)O[C@@H]1Cc2c3c(c4oc(CO)cc(=O)c4c2O)[C@H]2C4=CCNC(N)=C4[C@@H](CCc4ccc(O)cc4[C@H]2CO)[C@H]2CCC4=CC(NCC)NC=C4C[C@@H]2[C@]1(C)O3)[C@]1(O)CC[C@H](c2cccc([C@@H](O)CCCO)c2)C1. The molecule has 4 aliphatic heterocycles. The van der Waals surface area contributed by atoms with Gasteiger partial charge in [0.25, 0.3) is 0 Å². The number of nitrogens with two attached hydrogens (primary N) is 1. The number of rotatable bonds is 12. The first-order chi connectivity index (χ1) is 37.6. The molecule has 1 unspecified atom stereocenters. The summed E-state index contributed by atoms with van der Waals surface area (Å²) < 4.78 is 21.3. The van der Waals surface area contributed by atoms with Crippen LogP contribution in [-0.4, -0.2) is 91.5 Å². The summed E-state index contributed by atoms with van der Waals surface area (Å²) in [4.78, 5) is 30.0. The third-order valence-electron chi connectivity index (χ3n) is 18.6. The highest BCUT2D eigenvalue weighted by atomic mass is 16.6. The van der Waals surface area contributed by atoms with Crippen molar-refractivity contribution in [1.82, 2.24) is 16.0 Å². The number of likely N-dealkylation sites (N-methyl/N-ethyl adjacent to an activating group) is 1. The molecule has 3 aromatic carbocycles. The molecule has 16 nitrogen and oxygen atoms in total. The van der Waals surface area contributed by atoms with Crippen LogP contribution in [0.3, 0.4) is 0 Å². The number of aliphatic hydroxyl groups is 5. The van der Waals surface area contributed by atoms with E-state index in [9.17, 15) is 40.5 Å². The van der Waals surface area contributed by atoms with Crippen LogP contribution in [0, 0.1) is 17.8 Å². The molecule has 5 heterocycles. The number of aliphatic hydroxyl groups excluding tert-OH is 4. The molecular weight excluding hydrogens is 993 g/mol. The Balaban J connectivity index is 1.11. The summed E-state index contributed by atoms with van der Waals surface area (Å²) >= 11 is 0. The minimum Gasteiger partial charge on any atom is -0.508 e. The van der Waals surface area contributed by atoms with Gasteiger partial charge in [-0.3, -0.25) is 10.1 Å². The number of ether oxygens (including phenoxy) is 2. The number of allylic oxidation sites excluding steroid dienone is 5. The lowest BCUT2D eigenvalue weighted by atomic mass is 9.61. The topological polar surface area (TPSA) is 269 Å². The van der Waals surface area contributed by atoms with Crippen molar-refractivity contribution in [2.75, 3.05) is 26.3 Å². The number of benzene rings is 3. The Morgan fingerprint density at radius 3 is 2.65 bits per heavy atom. The zero-order chi connectivity index (χ0) is 54.8. The van der Waals surface area contributed by atoms with Crippen LogP contribution in [0.1, 0.15) is 142 Å². The molecule has 78 heavy (non-hydrogen) atoms. The summed E-state index contributed by atoms with van der Waals surface area (Å²) in [5.74, 6) is -3.31. The van der Waals surface area contributed by atoms with Crippen molar-refractivity contribution >= 4 is 16.9 Å². The van der Waals surface area contributed by atoms with Gasteiger partial charge in [0, 0.05) is 60.7 Å². The Morgan fingerprint density at radius 2 is 1.88 bits per heavy atom. The quantitative estimate of drug-likeness (QED) is 0.0524. The fourth-order valence-corrected chi connectivity index (χ4v) is 14.9. The Hall–Kier alpha value is -6.40. The number of carbonyl (C=O) groups is 1. The van der Waals surface area contributed by atoms with Gasteiger partial charge in [-0.05, 0) is 165 Å². The fourth-order valence-electron chi connectivity index (χ4n) is 14.9. The molecule has 11 rings (SSSR count). The van der Waals surface area contributed by atoms with Crippen molar-refractivity contribution in [2.45, 2.75) is 145 Å². The van der Waals surface area contributed by atoms with E-state index >= 15 is 4.79 Å².